The quantitative estimate of drug-likeness (QED) is 0.302. The first-order valence-electron chi connectivity index (χ1n) is 10.3. The zero-order valence-electron chi connectivity index (χ0n) is 17.8. The molecule has 4 nitrogen and oxygen atoms in total. The second-order valence-corrected chi connectivity index (χ2v) is 7.94. The Morgan fingerprint density at radius 3 is 2.24 bits per heavy atom. The summed E-state index contributed by atoms with van der Waals surface area (Å²) in [4.78, 5) is 17.9. The second kappa shape index (κ2) is 9.24. The van der Waals surface area contributed by atoms with Crippen LogP contribution in [0.15, 0.2) is 41.6 Å². The van der Waals surface area contributed by atoms with Gasteiger partial charge in [-0.2, -0.15) is 0 Å². The molecular formula is C24H20F5N3O. The number of halogens is 5. The molecule has 0 aliphatic carbocycles. The zero-order chi connectivity index (χ0) is 23.7. The van der Waals surface area contributed by atoms with Gasteiger partial charge in [-0.25, -0.2) is 22.0 Å². The molecule has 1 amide bonds. The third-order valence-electron chi connectivity index (χ3n) is 5.74. The molecule has 2 aromatic rings. The fourth-order valence-corrected chi connectivity index (χ4v) is 4.03. The van der Waals surface area contributed by atoms with Gasteiger partial charge in [0.05, 0.1) is 25.3 Å². The molecular weight excluding hydrogens is 441 g/mol. The highest BCUT2D eigenvalue weighted by Gasteiger charge is 2.35. The van der Waals surface area contributed by atoms with Crippen molar-refractivity contribution in [3.8, 4) is 11.8 Å². The van der Waals surface area contributed by atoms with Crippen molar-refractivity contribution >= 4 is 5.91 Å². The molecule has 0 saturated heterocycles. The molecule has 172 valence electrons. The van der Waals surface area contributed by atoms with Crippen molar-refractivity contribution in [1.82, 2.24) is 14.7 Å². The van der Waals surface area contributed by atoms with Crippen molar-refractivity contribution in [2.75, 3.05) is 33.4 Å². The predicted molar refractivity (Wildman–Crippen MR) is 111 cm³/mol. The molecule has 9 heteroatoms. The van der Waals surface area contributed by atoms with Crippen molar-refractivity contribution in [1.29, 1.82) is 0 Å². The monoisotopic (exact) mass is 461 g/mol. The lowest BCUT2D eigenvalue weighted by molar-refractivity contribution is -0.131. The highest BCUT2D eigenvalue weighted by molar-refractivity contribution is 5.95. The van der Waals surface area contributed by atoms with Gasteiger partial charge in [-0.1, -0.05) is 30.0 Å². The minimum atomic E-state index is -2.22. The summed E-state index contributed by atoms with van der Waals surface area (Å²) in [6, 6.07) is 9.45. The van der Waals surface area contributed by atoms with Crippen molar-refractivity contribution in [3.05, 3.63) is 81.8 Å². The second-order valence-electron chi connectivity index (χ2n) is 7.94. The predicted octanol–water partition coefficient (Wildman–Crippen LogP) is 3.63. The molecule has 2 aromatic carbocycles. The molecule has 2 aliphatic heterocycles. The molecule has 0 N–H and O–H groups in total. The van der Waals surface area contributed by atoms with E-state index in [9.17, 15) is 26.7 Å². The van der Waals surface area contributed by atoms with Gasteiger partial charge in [-0.3, -0.25) is 9.69 Å². The van der Waals surface area contributed by atoms with Crippen LogP contribution in [0, 0.1) is 40.9 Å². The van der Waals surface area contributed by atoms with Gasteiger partial charge in [0.15, 0.2) is 23.3 Å². The number of rotatable bonds is 3. The van der Waals surface area contributed by atoms with Gasteiger partial charge in [-0.05, 0) is 12.1 Å². The number of hydrogen-bond donors (Lipinski definition) is 0. The first-order valence-corrected chi connectivity index (χ1v) is 10.3. The smallest absolute Gasteiger partial charge is 0.254 e. The molecule has 33 heavy (non-hydrogen) atoms. The van der Waals surface area contributed by atoms with Gasteiger partial charge in [0, 0.05) is 43.4 Å². The van der Waals surface area contributed by atoms with E-state index in [4.69, 9.17) is 0 Å². The number of carbonyl (C=O) groups excluding carboxylic acids is 1. The van der Waals surface area contributed by atoms with Crippen LogP contribution in [-0.4, -0.2) is 54.0 Å². The van der Waals surface area contributed by atoms with Gasteiger partial charge in [0.2, 0.25) is 5.82 Å². The normalized spacial score (nSPS) is 16.6. The minimum absolute atomic E-state index is 0.0228. The number of hydrogen-bond acceptors (Lipinski definition) is 3. The Hall–Kier alpha value is -3.38. The zero-order valence-corrected chi connectivity index (χ0v) is 17.8. The molecule has 0 spiro atoms. The van der Waals surface area contributed by atoms with E-state index in [1.807, 2.05) is 35.2 Å². The summed E-state index contributed by atoms with van der Waals surface area (Å²) in [5.74, 6) is -4.49. The van der Waals surface area contributed by atoms with E-state index in [2.05, 4.69) is 11.8 Å². The molecule has 0 bridgehead atoms. The molecule has 0 fully saturated rings. The van der Waals surface area contributed by atoms with Gasteiger partial charge in [0.1, 0.15) is 0 Å². The highest BCUT2D eigenvalue weighted by Crippen LogP contribution is 2.29. The van der Waals surface area contributed by atoms with Gasteiger partial charge in [0.25, 0.3) is 5.91 Å². The van der Waals surface area contributed by atoms with Crippen molar-refractivity contribution in [3.63, 3.8) is 0 Å². The van der Waals surface area contributed by atoms with E-state index in [0.717, 1.165) is 16.2 Å². The lowest BCUT2D eigenvalue weighted by atomic mass is 10.0. The summed E-state index contributed by atoms with van der Waals surface area (Å²) >= 11 is 0. The van der Waals surface area contributed by atoms with Crippen LogP contribution in [0.4, 0.5) is 22.0 Å². The molecule has 2 heterocycles. The van der Waals surface area contributed by atoms with E-state index in [0.29, 0.717) is 25.1 Å². The van der Waals surface area contributed by atoms with E-state index >= 15 is 0 Å². The molecule has 0 unspecified atom stereocenters. The lowest BCUT2D eigenvalue weighted by Gasteiger charge is -2.42. The van der Waals surface area contributed by atoms with Gasteiger partial charge in [-0.15, -0.1) is 0 Å². The van der Waals surface area contributed by atoms with Crippen molar-refractivity contribution in [2.45, 2.75) is 13.0 Å². The summed E-state index contributed by atoms with van der Waals surface area (Å²) in [7, 11) is 1.72. The van der Waals surface area contributed by atoms with Crippen LogP contribution in [0.1, 0.15) is 17.5 Å². The van der Waals surface area contributed by atoms with E-state index in [1.165, 1.54) is 0 Å². The lowest BCUT2D eigenvalue weighted by Crippen LogP contribution is -2.50. The molecule has 4 rings (SSSR count). The number of amides is 1. The van der Waals surface area contributed by atoms with Crippen LogP contribution in [0.2, 0.25) is 0 Å². The average molecular weight is 461 g/mol. The van der Waals surface area contributed by atoms with Gasteiger partial charge < -0.3 is 9.80 Å². The summed E-state index contributed by atoms with van der Waals surface area (Å²) in [6.07, 6.45) is 0.584. The number of carbonyl (C=O) groups is 1. The maximum atomic E-state index is 14.1. The van der Waals surface area contributed by atoms with Crippen molar-refractivity contribution in [2.24, 2.45) is 0 Å². The SMILES string of the molecule is CN1CN(Cc2c(F)c(F)c(F)c(F)c2F)C(=O)C2=C1CCN(CC#Cc1ccccc1)C2. The van der Waals surface area contributed by atoms with Crippen LogP contribution in [0.25, 0.3) is 0 Å². The van der Waals surface area contributed by atoms with E-state index in [-0.39, 0.29) is 13.2 Å². The summed E-state index contributed by atoms with van der Waals surface area (Å²) in [6.45, 7) is 0.609. The Balaban J connectivity index is 1.52. The van der Waals surface area contributed by atoms with Crippen LogP contribution in [0.3, 0.4) is 0 Å². The summed E-state index contributed by atoms with van der Waals surface area (Å²) in [5.41, 5.74) is 1.08. The minimum Gasteiger partial charge on any atom is -0.360 e. The van der Waals surface area contributed by atoms with Crippen LogP contribution in [0.5, 0.6) is 0 Å². The Morgan fingerprint density at radius 2 is 1.58 bits per heavy atom. The van der Waals surface area contributed by atoms with Crippen LogP contribution >= 0.6 is 0 Å². The molecule has 0 atom stereocenters. The molecule has 2 aliphatic rings. The van der Waals surface area contributed by atoms with E-state index < -0.39 is 47.1 Å². The molecule has 0 radical (unpaired) electrons. The third kappa shape index (κ3) is 4.44. The van der Waals surface area contributed by atoms with Crippen molar-refractivity contribution < 1.29 is 26.7 Å². The van der Waals surface area contributed by atoms with Crippen LogP contribution < -0.4 is 0 Å². The fourth-order valence-electron chi connectivity index (χ4n) is 4.03. The highest BCUT2D eigenvalue weighted by atomic mass is 19.2. The maximum Gasteiger partial charge on any atom is 0.254 e. The summed E-state index contributed by atoms with van der Waals surface area (Å²) in [5, 5.41) is 0. The Bertz CT molecular complexity index is 1160. The Labute approximate surface area is 187 Å². The molecule has 0 aromatic heterocycles. The van der Waals surface area contributed by atoms with Crippen LogP contribution in [-0.2, 0) is 11.3 Å². The first-order chi connectivity index (χ1) is 15.8. The molecule has 0 saturated carbocycles. The summed E-state index contributed by atoms with van der Waals surface area (Å²) < 4.78 is 68.8. The van der Waals surface area contributed by atoms with E-state index in [1.54, 1.807) is 11.9 Å². The third-order valence-corrected chi connectivity index (χ3v) is 5.74. The largest absolute Gasteiger partial charge is 0.360 e. The standard InChI is InChI=1S/C24H20F5N3O/c1-30-14-32(13-17-19(25)21(27)23(29)22(28)20(17)26)24(33)16-12-31(11-9-18(16)30)10-5-8-15-6-3-2-4-7-15/h2-4,6-7H,9-14H2,1H3. The number of benzene rings is 2. The number of nitrogens with zero attached hydrogens (tertiary/aromatic N) is 3. The maximum absolute atomic E-state index is 14.1. The fraction of sp³-hybridized carbons (Fsp3) is 0.292. The Kier molecular flexibility index (Phi) is 6.38. The Morgan fingerprint density at radius 1 is 0.939 bits per heavy atom. The van der Waals surface area contributed by atoms with Gasteiger partial charge >= 0.3 is 0 Å². The average Bonchev–Trinajstić information content (AvgIpc) is 2.83. The topological polar surface area (TPSA) is 26.8 Å². The first kappa shape index (κ1) is 22.8.